The highest BCUT2D eigenvalue weighted by Crippen LogP contribution is 2.43. The maximum atomic E-state index is 16.0. The van der Waals surface area contributed by atoms with Crippen molar-refractivity contribution < 1.29 is 27.3 Å². The topological polar surface area (TPSA) is 184 Å². The molecule has 69 heavy (non-hydrogen) atoms. The molecule has 0 bridgehead atoms. The first kappa shape index (κ1) is 46.8. The number of anilines is 2. The van der Waals surface area contributed by atoms with Crippen LogP contribution in [0, 0.1) is 15.5 Å². The van der Waals surface area contributed by atoms with Gasteiger partial charge in [-0.1, -0.05) is 43.2 Å². The number of piperidine rings is 1. The van der Waals surface area contributed by atoms with E-state index in [2.05, 4.69) is 60.8 Å². The van der Waals surface area contributed by atoms with Crippen molar-refractivity contribution in [1.82, 2.24) is 34.3 Å². The number of carbonyl (C=O) groups is 1. The third kappa shape index (κ3) is 9.95. The number of nitrogens with zero attached hydrogens (tertiary/aromatic N) is 7. The summed E-state index contributed by atoms with van der Waals surface area (Å²) in [6, 6.07) is 20.7. The highest BCUT2D eigenvalue weighted by Gasteiger charge is 2.38. The maximum absolute atomic E-state index is 16.0. The second kappa shape index (κ2) is 18.8. The van der Waals surface area contributed by atoms with Gasteiger partial charge in [-0.05, 0) is 110 Å². The van der Waals surface area contributed by atoms with Crippen molar-refractivity contribution in [3.05, 3.63) is 117 Å². The van der Waals surface area contributed by atoms with Crippen molar-refractivity contribution in [3.8, 4) is 5.69 Å². The van der Waals surface area contributed by atoms with Gasteiger partial charge in [-0.3, -0.25) is 24.7 Å². The van der Waals surface area contributed by atoms with Crippen LogP contribution >= 0.6 is 11.6 Å². The van der Waals surface area contributed by atoms with Crippen molar-refractivity contribution in [3.63, 3.8) is 0 Å². The van der Waals surface area contributed by atoms with Crippen molar-refractivity contribution >= 4 is 72.2 Å². The number of allylic oxidation sites excluding steroid dienone is 1. The summed E-state index contributed by atoms with van der Waals surface area (Å²) in [7, 11) is -4.66. The van der Waals surface area contributed by atoms with Gasteiger partial charge < -0.3 is 19.9 Å². The number of nitro groups is 1. The molecule has 3 fully saturated rings. The fourth-order valence-electron chi connectivity index (χ4n) is 10.3. The van der Waals surface area contributed by atoms with E-state index in [1.54, 1.807) is 29.2 Å². The van der Waals surface area contributed by atoms with Crippen molar-refractivity contribution in [2.24, 2.45) is 5.41 Å². The van der Waals surface area contributed by atoms with E-state index in [4.69, 9.17) is 21.3 Å². The third-order valence-electron chi connectivity index (χ3n) is 14.5. The van der Waals surface area contributed by atoms with E-state index < -0.39 is 37.1 Å². The fraction of sp³-hybridized carbons (Fsp3) is 0.420. The molecule has 1 amide bonds. The number of carbonyl (C=O) groups excluding carboxylic acids is 1. The van der Waals surface area contributed by atoms with E-state index in [1.165, 1.54) is 28.8 Å². The van der Waals surface area contributed by atoms with Gasteiger partial charge in [0.2, 0.25) is 0 Å². The first-order valence-corrected chi connectivity index (χ1v) is 25.5. The molecule has 0 radical (unpaired) electrons. The first-order chi connectivity index (χ1) is 33.1. The molecule has 6 heterocycles. The van der Waals surface area contributed by atoms with Crippen molar-refractivity contribution in [2.75, 3.05) is 75.8 Å². The SMILES string of the molecule is CC1(C)CCC(CN2CCN(c3ccc(C(=O)NS(=O)(=O)c4ccc(NCC5(F)CCN(C6CCOC6)CC5)c([N+](=O)[O-])c4)c(-n4ncc5nc6[nH]ccc6cc54)c3)CC2)=C(c2ccc(Cl)cc2)C1. The summed E-state index contributed by atoms with van der Waals surface area (Å²) in [5.74, 6) is -0.958. The van der Waals surface area contributed by atoms with Crippen LogP contribution in [0.1, 0.15) is 68.3 Å². The minimum absolute atomic E-state index is 0.00884. The molecule has 6 aromatic rings. The summed E-state index contributed by atoms with van der Waals surface area (Å²) in [5.41, 5.74) is 5.08. The van der Waals surface area contributed by atoms with Crippen molar-refractivity contribution in [1.29, 1.82) is 0 Å². The van der Waals surface area contributed by atoms with Crippen LogP contribution in [-0.4, -0.2) is 126 Å². The second-order valence-electron chi connectivity index (χ2n) is 19.7. The number of rotatable bonds is 13. The molecule has 1 aliphatic carbocycles. The molecule has 16 nitrogen and oxygen atoms in total. The maximum Gasteiger partial charge on any atom is 0.293 e. The van der Waals surface area contributed by atoms with E-state index in [0.717, 1.165) is 67.5 Å². The van der Waals surface area contributed by atoms with Gasteiger partial charge in [-0.15, -0.1) is 0 Å². The number of H-pyrrole nitrogens is 1. The number of piperazine rings is 1. The lowest BCUT2D eigenvalue weighted by atomic mass is 9.72. The number of benzene rings is 3. The number of fused-ring (bicyclic) bond motifs is 2. The monoisotopic (exact) mass is 978 g/mol. The summed E-state index contributed by atoms with van der Waals surface area (Å²) < 4.78 is 53.1. The number of nitrogens with one attached hydrogen (secondary N) is 3. The molecule has 19 heteroatoms. The predicted octanol–water partition coefficient (Wildman–Crippen LogP) is 8.37. The van der Waals surface area contributed by atoms with Crippen LogP contribution in [0.4, 0.5) is 21.5 Å². The normalized spacial score (nSPS) is 20.2. The van der Waals surface area contributed by atoms with E-state index in [1.807, 2.05) is 30.3 Å². The molecular formula is C50H56ClFN10O6S. The summed E-state index contributed by atoms with van der Waals surface area (Å²) in [4.78, 5) is 40.2. The lowest BCUT2D eigenvalue weighted by molar-refractivity contribution is -0.384. The standard InChI is InChI=1S/C50H56ClFN10O6S/c1-49(2)14-11-35(41(28-49)33-3-5-36(51)6-4-33)30-58-20-22-60(23-21-58)37-7-9-40(44(26-37)61-45-25-34-12-17-53-47(34)56-43(45)29-55-61)48(63)57-69(66,67)39-8-10-42(46(27-39)62(64)65)54-32-50(52)15-18-59(19-16-50)38-13-24-68-31-38/h3-10,12,17,25-27,29,38,54H,11,13-16,18-24,28,30-32H2,1-2H3,(H,53,56)(H,57,63). The summed E-state index contributed by atoms with van der Waals surface area (Å²) in [6.07, 6.45) is 7.93. The van der Waals surface area contributed by atoms with Crippen LogP contribution in [0.2, 0.25) is 5.02 Å². The second-order valence-corrected chi connectivity index (χ2v) is 21.8. The fourth-order valence-corrected chi connectivity index (χ4v) is 11.5. The number of hydrogen-bond acceptors (Lipinski definition) is 12. The molecule has 3 aliphatic heterocycles. The van der Waals surface area contributed by atoms with Gasteiger partial charge in [-0.2, -0.15) is 5.10 Å². The van der Waals surface area contributed by atoms with Crippen molar-refractivity contribution in [2.45, 2.75) is 69.0 Å². The predicted molar refractivity (Wildman–Crippen MR) is 265 cm³/mol. The van der Waals surface area contributed by atoms with Gasteiger partial charge in [0.05, 0.1) is 39.4 Å². The Morgan fingerprint density at radius 2 is 1.78 bits per heavy atom. The molecular weight excluding hydrogens is 923 g/mol. The van der Waals surface area contributed by atoms with Gasteiger partial charge in [0.15, 0.2) is 0 Å². The number of halogens is 2. The minimum atomic E-state index is -4.66. The molecule has 4 aliphatic rings. The summed E-state index contributed by atoms with van der Waals surface area (Å²) in [6.45, 7) is 10.8. The summed E-state index contributed by atoms with van der Waals surface area (Å²) >= 11 is 6.26. The van der Waals surface area contributed by atoms with E-state index in [0.29, 0.717) is 61.8 Å². The molecule has 0 saturated carbocycles. The average molecular weight is 980 g/mol. The Bertz CT molecular complexity index is 3060. The molecule has 3 aromatic heterocycles. The van der Waals surface area contributed by atoms with Crippen LogP contribution in [0.15, 0.2) is 95.7 Å². The molecule has 1 unspecified atom stereocenters. The number of likely N-dealkylation sites (tertiary alicyclic amines) is 1. The van der Waals surface area contributed by atoms with E-state index in [-0.39, 0.29) is 42.1 Å². The van der Waals surface area contributed by atoms with E-state index >= 15 is 4.39 Å². The number of alkyl halides is 1. The van der Waals surface area contributed by atoms with Gasteiger partial charge in [-0.25, -0.2) is 27.2 Å². The molecule has 10 rings (SSSR count). The number of pyridine rings is 1. The zero-order chi connectivity index (χ0) is 48.1. The summed E-state index contributed by atoms with van der Waals surface area (Å²) in [5, 5.41) is 21.4. The Morgan fingerprint density at radius 3 is 2.52 bits per heavy atom. The number of amides is 1. The molecule has 3 N–H and O–H groups in total. The number of aromatic amines is 1. The van der Waals surface area contributed by atoms with Crippen LogP contribution in [0.3, 0.4) is 0 Å². The highest BCUT2D eigenvalue weighted by molar-refractivity contribution is 7.90. The number of nitro benzene ring substituents is 1. The molecule has 3 saturated heterocycles. The van der Waals surface area contributed by atoms with Gasteiger partial charge in [0, 0.05) is 93.4 Å². The Hall–Kier alpha value is -5.92. The van der Waals surface area contributed by atoms with Gasteiger partial charge in [0.25, 0.3) is 21.6 Å². The highest BCUT2D eigenvalue weighted by atomic mass is 35.5. The number of ether oxygens (including phenoxy) is 1. The quantitative estimate of drug-likeness (QED) is 0.0744. The Morgan fingerprint density at radius 1 is 1.00 bits per heavy atom. The zero-order valence-corrected chi connectivity index (χ0v) is 40.3. The Kier molecular flexibility index (Phi) is 12.7. The van der Waals surface area contributed by atoms with E-state index in [9.17, 15) is 23.3 Å². The third-order valence-corrected chi connectivity index (χ3v) is 16.0. The first-order valence-electron chi connectivity index (χ1n) is 23.6. The lowest BCUT2D eigenvalue weighted by Gasteiger charge is -2.39. The Balaban J connectivity index is 0.879. The smallest absolute Gasteiger partial charge is 0.293 e. The molecule has 3 aromatic carbocycles. The van der Waals surface area contributed by atoms with Crippen LogP contribution < -0.4 is 14.9 Å². The van der Waals surface area contributed by atoms with Crippen LogP contribution in [0.5, 0.6) is 0 Å². The zero-order valence-electron chi connectivity index (χ0n) is 38.7. The molecule has 362 valence electrons. The Labute approximate surface area is 405 Å². The van der Waals surface area contributed by atoms with Crippen LogP contribution in [-0.2, 0) is 14.8 Å². The number of sulfonamides is 1. The average Bonchev–Trinajstić information content (AvgIpc) is 4.13. The number of aromatic nitrogens is 4. The van der Waals surface area contributed by atoms with Crippen LogP contribution in [0.25, 0.3) is 33.3 Å². The largest absolute Gasteiger partial charge is 0.380 e. The molecule has 1 atom stereocenters. The van der Waals surface area contributed by atoms with Gasteiger partial charge >= 0.3 is 0 Å². The number of hydrogen-bond donors (Lipinski definition) is 3. The lowest BCUT2D eigenvalue weighted by Crippen LogP contribution is -2.49. The molecule has 0 spiro atoms. The minimum Gasteiger partial charge on any atom is -0.380 e. The van der Waals surface area contributed by atoms with Gasteiger partial charge in [0.1, 0.15) is 22.5 Å².